The molecule has 2 atom stereocenters. The Bertz CT molecular complexity index is 891. The topological polar surface area (TPSA) is 72.3 Å². The maximum absolute atomic E-state index is 13.5. The number of nitrogens with one attached hydrogen (secondary N) is 1. The number of fused-ring (bicyclic) bond motifs is 1. The smallest absolute Gasteiger partial charge is 0.411 e. The predicted molar refractivity (Wildman–Crippen MR) is 108 cm³/mol. The summed E-state index contributed by atoms with van der Waals surface area (Å²) in [5, 5.41) is 6.86. The summed E-state index contributed by atoms with van der Waals surface area (Å²) >= 11 is 0. The van der Waals surface area contributed by atoms with E-state index in [2.05, 4.69) is 15.4 Å². The molecular formula is C21H26F3N5O2. The molecule has 31 heavy (non-hydrogen) atoms. The molecular weight excluding hydrogens is 411 g/mol. The van der Waals surface area contributed by atoms with Crippen LogP contribution in [-0.2, 0) is 11.2 Å². The highest BCUT2D eigenvalue weighted by molar-refractivity contribution is 5.78. The molecule has 1 fully saturated rings. The highest BCUT2D eigenvalue weighted by atomic mass is 19.4. The number of hydrogen-bond acceptors (Lipinski definition) is 5. The van der Waals surface area contributed by atoms with Gasteiger partial charge >= 0.3 is 6.18 Å². The van der Waals surface area contributed by atoms with Crippen molar-refractivity contribution in [2.75, 3.05) is 25.0 Å². The molecule has 1 amide bonds. The van der Waals surface area contributed by atoms with Crippen LogP contribution in [0.2, 0.25) is 0 Å². The Morgan fingerprint density at radius 2 is 1.94 bits per heavy atom. The lowest BCUT2D eigenvalue weighted by molar-refractivity contribution is -0.174. The lowest BCUT2D eigenvalue weighted by Gasteiger charge is -2.40. The van der Waals surface area contributed by atoms with Crippen LogP contribution in [0, 0.1) is 5.92 Å². The van der Waals surface area contributed by atoms with Gasteiger partial charge in [-0.1, -0.05) is 12.1 Å². The molecule has 0 aliphatic carbocycles. The number of alkyl halides is 3. The summed E-state index contributed by atoms with van der Waals surface area (Å²) in [4.78, 5) is 18.4. The molecule has 0 saturated carbocycles. The number of piperidine rings is 1. The summed E-state index contributed by atoms with van der Waals surface area (Å²) in [5.41, 5.74) is 0.914. The molecule has 168 valence electrons. The number of halogens is 3. The summed E-state index contributed by atoms with van der Waals surface area (Å²) in [6.45, 7) is 3.59. The van der Waals surface area contributed by atoms with Gasteiger partial charge < -0.3 is 15.0 Å². The van der Waals surface area contributed by atoms with E-state index < -0.39 is 12.2 Å². The second kappa shape index (κ2) is 8.76. The summed E-state index contributed by atoms with van der Waals surface area (Å²) in [7, 11) is 0. The van der Waals surface area contributed by atoms with Crippen molar-refractivity contribution in [1.82, 2.24) is 19.7 Å². The van der Waals surface area contributed by atoms with Gasteiger partial charge in [-0.05, 0) is 49.8 Å². The lowest BCUT2D eigenvalue weighted by Crippen LogP contribution is -2.47. The van der Waals surface area contributed by atoms with Gasteiger partial charge in [0, 0.05) is 19.1 Å². The number of carbonyl (C=O) groups excluding carboxylic acids is 1. The minimum absolute atomic E-state index is 0.0344. The Morgan fingerprint density at radius 3 is 2.58 bits per heavy atom. The van der Waals surface area contributed by atoms with Crippen LogP contribution in [0.3, 0.4) is 0 Å². The molecule has 2 aromatic rings. The van der Waals surface area contributed by atoms with Crippen LogP contribution in [0.15, 0.2) is 30.6 Å². The number of anilines is 1. The fourth-order valence-electron chi connectivity index (χ4n) is 4.44. The van der Waals surface area contributed by atoms with Crippen LogP contribution in [0.1, 0.15) is 37.8 Å². The fraction of sp³-hybridized carbons (Fsp3) is 0.571. The zero-order valence-corrected chi connectivity index (χ0v) is 17.3. The van der Waals surface area contributed by atoms with Crippen LogP contribution < -0.4 is 10.1 Å². The monoisotopic (exact) mass is 437 g/mol. The van der Waals surface area contributed by atoms with E-state index in [1.165, 1.54) is 0 Å². The minimum atomic E-state index is -4.38. The Balaban J connectivity index is 1.33. The number of aromatic nitrogens is 3. The number of amides is 1. The normalized spacial score (nSPS) is 22.0. The van der Waals surface area contributed by atoms with Gasteiger partial charge in [-0.25, -0.2) is 4.68 Å². The highest BCUT2D eigenvalue weighted by Gasteiger charge is 2.48. The molecule has 1 aromatic carbocycles. The van der Waals surface area contributed by atoms with Crippen LogP contribution >= 0.6 is 0 Å². The maximum atomic E-state index is 13.5. The number of hydrogen-bond donors (Lipinski definition) is 1. The molecule has 3 heterocycles. The van der Waals surface area contributed by atoms with Crippen molar-refractivity contribution >= 4 is 11.9 Å². The first-order chi connectivity index (χ1) is 14.8. The molecule has 1 N–H and O–H groups in total. The molecule has 7 nitrogen and oxygen atoms in total. The second-order valence-electron chi connectivity index (χ2n) is 8.04. The molecule has 0 spiro atoms. The third kappa shape index (κ3) is 4.77. The number of ether oxygens (including phenoxy) is 1. The van der Waals surface area contributed by atoms with E-state index >= 15 is 0 Å². The first-order valence-electron chi connectivity index (χ1n) is 10.6. The van der Waals surface area contributed by atoms with Crippen molar-refractivity contribution in [3.8, 4) is 5.75 Å². The third-order valence-electron chi connectivity index (χ3n) is 6.09. The van der Waals surface area contributed by atoms with Crippen LogP contribution in [0.25, 0.3) is 0 Å². The average molecular weight is 437 g/mol. The molecule has 1 aromatic heterocycles. The SMILES string of the molecule is CCOc1ccc(CC(=O)N2CCC([C@@H]3C[C@H](C(F)(F)F)n4ncnc4N3)CC2)cc1. The van der Waals surface area contributed by atoms with Gasteiger partial charge in [0.2, 0.25) is 11.9 Å². The van der Waals surface area contributed by atoms with Gasteiger partial charge in [0.25, 0.3) is 0 Å². The second-order valence-corrected chi connectivity index (χ2v) is 8.04. The molecule has 0 radical (unpaired) electrons. The van der Waals surface area contributed by atoms with Crippen LogP contribution in [0.4, 0.5) is 19.1 Å². The van der Waals surface area contributed by atoms with Crippen molar-refractivity contribution in [2.45, 2.75) is 50.9 Å². The Kier molecular flexibility index (Phi) is 6.06. The summed E-state index contributed by atoms with van der Waals surface area (Å²) in [5.74, 6) is 1.01. The minimum Gasteiger partial charge on any atom is -0.494 e. The zero-order valence-electron chi connectivity index (χ0n) is 17.3. The molecule has 4 rings (SSSR count). The molecule has 2 aliphatic rings. The predicted octanol–water partition coefficient (Wildman–Crippen LogP) is 3.45. The fourth-order valence-corrected chi connectivity index (χ4v) is 4.44. The van der Waals surface area contributed by atoms with Crippen LogP contribution in [-0.4, -0.2) is 57.5 Å². The lowest BCUT2D eigenvalue weighted by atomic mass is 9.85. The van der Waals surface area contributed by atoms with Gasteiger partial charge in [-0.15, -0.1) is 0 Å². The van der Waals surface area contributed by atoms with E-state index in [0.717, 1.165) is 22.3 Å². The van der Waals surface area contributed by atoms with Gasteiger partial charge in [-0.3, -0.25) is 4.79 Å². The largest absolute Gasteiger partial charge is 0.494 e. The summed E-state index contributed by atoms with van der Waals surface area (Å²) in [6, 6.07) is 5.46. The van der Waals surface area contributed by atoms with Crippen molar-refractivity contribution in [1.29, 1.82) is 0 Å². The summed E-state index contributed by atoms with van der Waals surface area (Å²) < 4.78 is 46.8. The van der Waals surface area contributed by atoms with Crippen molar-refractivity contribution in [2.24, 2.45) is 5.92 Å². The van der Waals surface area contributed by atoms with E-state index in [-0.39, 0.29) is 30.2 Å². The van der Waals surface area contributed by atoms with Crippen molar-refractivity contribution < 1.29 is 22.7 Å². The van der Waals surface area contributed by atoms with Gasteiger partial charge in [0.1, 0.15) is 12.1 Å². The standard InChI is InChI=1S/C21H26F3N5O2/c1-2-31-16-5-3-14(4-6-16)11-19(30)28-9-7-15(8-10-28)17-12-18(21(22,23)24)29-20(27-17)25-13-26-29/h3-6,13,15,17-18H,2,7-12H2,1H3,(H,25,26,27)/t17-,18+/m0/s1. The molecule has 2 aliphatic heterocycles. The molecule has 0 unspecified atom stereocenters. The van der Waals surface area contributed by atoms with Gasteiger partial charge in [0.05, 0.1) is 13.0 Å². The first kappa shape index (κ1) is 21.5. The highest BCUT2D eigenvalue weighted by Crippen LogP contribution is 2.41. The van der Waals surface area contributed by atoms with Crippen LogP contribution in [0.5, 0.6) is 5.75 Å². The van der Waals surface area contributed by atoms with E-state index in [1.54, 1.807) is 4.90 Å². The van der Waals surface area contributed by atoms with Gasteiger partial charge in [0.15, 0.2) is 6.04 Å². The van der Waals surface area contributed by atoms with Crippen molar-refractivity contribution in [3.63, 3.8) is 0 Å². The number of nitrogens with zero attached hydrogens (tertiary/aromatic N) is 4. The van der Waals surface area contributed by atoms with E-state index in [0.29, 0.717) is 39.0 Å². The van der Waals surface area contributed by atoms with E-state index in [1.807, 2.05) is 31.2 Å². The number of carbonyl (C=O) groups is 1. The maximum Gasteiger partial charge on any atom is 0.411 e. The Labute approximate surface area is 178 Å². The molecule has 10 heteroatoms. The zero-order chi connectivity index (χ0) is 22.0. The Morgan fingerprint density at radius 1 is 1.23 bits per heavy atom. The third-order valence-corrected chi connectivity index (χ3v) is 6.09. The first-order valence-corrected chi connectivity index (χ1v) is 10.6. The average Bonchev–Trinajstić information content (AvgIpc) is 3.22. The van der Waals surface area contributed by atoms with E-state index in [4.69, 9.17) is 4.74 Å². The van der Waals surface area contributed by atoms with E-state index in [9.17, 15) is 18.0 Å². The Hall–Kier alpha value is -2.78. The number of likely N-dealkylation sites (tertiary alicyclic amines) is 1. The number of rotatable bonds is 5. The van der Waals surface area contributed by atoms with Gasteiger partial charge in [-0.2, -0.15) is 23.3 Å². The summed E-state index contributed by atoms with van der Waals surface area (Å²) in [6.07, 6.45) is -1.69. The van der Waals surface area contributed by atoms with Crippen molar-refractivity contribution in [3.05, 3.63) is 36.2 Å². The quantitative estimate of drug-likeness (QED) is 0.776. The molecule has 1 saturated heterocycles. The molecule has 0 bridgehead atoms. The number of benzene rings is 1.